The average molecular weight is 281 g/mol. The Kier molecular flexibility index (Phi) is 3.86. The minimum atomic E-state index is -1.48. The molecule has 4 nitrogen and oxygen atoms in total. The maximum atomic E-state index is 9.52. The van der Waals surface area contributed by atoms with Crippen LogP contribution in [0.1, 0.15) is 19.8 Å². The molecule has 0 saturated carbocycles. The van der Waals surface area contributed by atoms with Crippen LogP contribution >= 0.6 is 0 Å². The van der Waals surface area contributed by atoms with Gasteiger partial charge in [-0.05, 0) is 29.0 Å². The van der Waals surface area contributed by atoms with Gasteiger partial charge >= 0.3 is 7.12 Å². The van der Waals surface area contributed by atoms with Gasteiger partial charge in [0.1, 0.15) is 0 Å². The highest BCUT2D eigenvalue weighted by molar-refractivity contribution is 6.52. The molecular formula is C16H18BN2O2-. The molecule has 2 N–H and O–H groups in total. The summed E-state index contributed by atoms with van der Waals surface area (Å²) >= 11 is 0. The van der Waals surface area contributed by atoms with Gasteiger partial charge < -0.3 is 20.3 Å². The number of para-hydroxylation sites is 2. The van der Waals surface area contributed by atoms with Crippen LogP contribution in [0.2, 0.25) is 0 Å². The van der Waals surface area contributed by atoms with Crippen molar-refractivity contribution in [1.82, 2.24) is 0 Å². The Bertz CT molecular complexity index is 635. The second-order valence-corrected chi connectivity index (χ2v) is 5.20. The quantitative estimate of drug-likeness (QED) is 0.834. The number of benzene rings is 1. The lowest BCUT2D eigenvalue weighted by Crippen LogP contribution is -2.23. The average Bonchev–Trinajstić information content (AvgIpc) is 3.09. The zero-order chi connectivity index (χ0) is 14.8. The summed E-state index contributed by atoms with van der Waals surface area (Å²) in [4.78, 5) is 2.17. The van der Waals surface area contributed by atoms with E-state index in [4.69, 9.17) is 5.32 Å². The van der Waals surface area contributed by atoms with Gasteiger partial charge in [-0.25, -0.2) is 0 Å². The number of unbranched alkanes of at least 4 members (excludes halogenated alkanes) is 1. The maximum Gasteiger partial charge on any atom is 0.489 e. The number of rotatable bonds is 4. The molecule has 0 aromatic heterocycles. The third-order valence-corrected chi connectivity index (χ3v) is 3.76. The lowest BCUT2D eigenvalue weighted by atomic mass is 9.76. The zero-order valence-corrected chi connectivity index (χ0v) is 12.0. The first-order chi connectivity index (χ1) is 10.2. The highest BCUT2D eigenvalue weighted by Crippen LogP contribution is 2.47. The molecule has 0 fully saturated rings. The van der Waals surface area contributed by atoms with Crippen molar-refractivity contribution in [2.75, 3.05) is 11.4 Å². The number of hydrogen-bond acceptors (Lipinski definition) is 3. The molecular weight excluding hydrogens is 263 g/mol. The first-order valence-corrected chi connectivity index (χ1v) is 7.29. The van der Waals surface area contributed by atoms with Crippen LogP contribution in [0.5, 0.6) is 0 Å². The molecule has 21 heavy (non-hydrogen) atoms. The van der Waals surface area contributed by atoms with Gasteiger partial charge in [0.2, 0.25) is 0 Å². The molecule has 0 radical (unpaired) electrons. The zero-order valence-electron chi connectivity index (χ0n) is 12.0. The van der Waals surface area contributed by atoms with Crippen LogP contribution in [0.3, 0.4) is 0 Å². The molecule has 1 heterocycles. The highest BCUT2D eigenvalue weighted by atomic mass is 16.4. The van der Waals surface area contributed by atoms with Crippen LogP contribution in [0.4, 0.5) is 11.4 Å². The van der Waals surface area contributed by atoms with Crippen LogP contribution in [0.15, 0.2) is 59.4 Å². The van der Waals surface area contributed by atoms with Crippen LogP contribution in [-0.2, 0) is 0 Å². The summed E-state index contributed by atoms with van der Waals surface area (Å²) in [6.07, 6.45) is 7.60. The molecule has 3 rings (SSSR count). The maximum absolute atomic E-state index is 9.52. The van der Waals surface area contributed by atoms with E-state index >= 15 is 0 Å². The first kappa shape index (κ1) is 14.0. The van der Waals surface area contributed by atoms with E-state index in [1.807, 2.05) is 30.4 Å². The predicted molar refractivity (Wildman–Crippen MR) is 86.2 cm³/mol. The van der Waals surface area contributed by atoms with E-state index in [1.165, 1.54) is 0 Å². The van der Waals surface area contributed by atoms with Gasteiger partial charge in [-0.1, -0.05) is 68.1 Å². The summed E-state index contributed by atoms with van der Waals surface area (Å²) in [6.45, 7) is 3.03. The third kappa shape index (κ3) is 2.50. The molecule has 1 aromatic carbocycles. The van der Waals surface area contributed by atoms with Crippen molar-refractivity contribution < 1.29 is 10.0 Å². The number of allylic oxidation sites excluding steroid dienone is 5. The van der Waals surface area contributed by atoms with E-state index in [0.29, 0.717) is 5.47 Å². The molecule has 1 aliphatic heterocycles. The number of fused-ring (bicyclic) bond motifs is 1. The summed E-state index contributed by atoms with van der Waals surface area (Å²) in [7, 11) is -1.48. The van der Waals surface area contributed by atoms with Crippen molar-refractivity contribution in [3.63, 3.8) is 0 Å². The van der Waals surface area contributed by atoms with E-state index < -0.39 is 7.12 Å². The lowest BCUT2D eigenvalue weighted by molar-refractivity contribution is 0.420. The summed E-state index contributed by atoms with van der Waals surface area (Å²) in [6, 6.07) is 8.01. The van der Waals surface area contributed by atoms with Crippen molar-refractivity contribution >= 4 is 18.5 Å². The second-order valence-electron chi connectivity index (χ2n) is 5.20. The Labute approximate surface area is 125 Å². The van der Waals surface area contributed by atoms with Crippen molar-refractivity contribution in [1.29, 1.82) is 0 Å². The summed E-state index contributed by atoms with van der Waals surface area (Å²) in [5, 5.41) is 23.7. The normalized spacial score (nSPS) is 19.6. The van der Waals surface area contributed by atoms with Gasteiger partial charge in [-0.2, -0.15) is 0 Å². The van der Waals surface area contributed by atoms with E-state index in [0.717, 1.165) is 42.2 Å². The van der Waals surface area contributed by atoms with Crippen LogP contribution in [0, 0.1) is 0 Å². The molecule has 5 heteroatoms. The van der Waals surface area contributed by atoms with E-state index in [-0.39, 0.29) is 0 Å². The van der Waals surface area contributed by atoms with Crippen molar-refractivity contribution in [3.8, 4) is 0 Å². The largest absolute Gasteiger partial charge is 0.489 e. The van der Waals surface area contributed by atoms with Gasteiger partial charge in [0.05, 0.1) is 0 Å². The highest BCUT2D eigenvalue weighted by Gasteiger charge is 2.24. The Hall–Kier alpha value is -1.98. The Morgan fingerprint density at radius 2 is 2.05 bits per heavy atom. The molecule has 0 unspecified atom stereocenters. The number of anilines is 1. The molecule has 0 atom stereocenters. The number of nitrogens with zero attached hydrogens (tertiary/aromatic N) is 2. The minimum Gasteiger partial charge on any atom is -0.443 e. The molecule has 0 spiro atoms. The molecule has 0 amide bonds. The Morgan fingerprint density at radius 1 is 1.24 bits per heavy atom. The van der Waals surface area contributed by atoms with E-state index in [2.05, 4.69) is 17.9 Å². The summed E-state index contributed by atoms with van der Waals surface area (Å²) < 4.78 is 0. The summed E-state index contributed by atoms with van der Waals surface area (Å²) in [5.74, 6) is 0.803. The van der Waals surface area contributed by atoms with Crippen molar-refractivity contribution in [2.24, 2.45) is 0 Å². The van der Waals surface area contributed by atoms with Crippen LogP contribution < -0.4 is 4.90 Å². The van der Waals surface area contributed by atoms with E-state index in [9.17, 15) is 10.0 Å². The smallest absolute Gasteiger partial charge is 0.443 e. The minimum absolute atomic E-state index is 0.503. The van der Waals surface area contributed by atoms with Crippen molar-refractivity contribution in [3.05, 3.63) is 64.7 Å². The van der Waals surface area contributed by atoms with E-state index in [1.54, 1.807) is 6.08 Å². The summed E-state index contributed by atoms with van der Waals surface area (Å²) in [5.41, 5.74) is 3.31. The molecule has 0 saturated heterocycles. The van der Waals surface area contributed by atoms with Gasteiger partial charge in [-0.15, -0.1) is 0 Å². The predicted octanol–water partition coefficient (Wildman–Crippen LogP) is 3.03. The monoisotopic (exact) mass is 281 g/mol. The molecule has 108 valence electrons. The fourth-order valence-corrected chi connectivity index (χ4v) is 2.69. The van der Waals surface area contributed by atoms with Crippen LogP contribution in [0.25, 0.3) is 5.32 Å². The van der Waals surface area contributed by atoms with Crippen molar-refractivity contribution in [2.45, 2.75) is 19.8 Å². The topological polar surface area (TPSA) is 57.8 Å². The fraction of sp³-hybridized carbons (Fsp3) is 0.250. The third-order valence-electron chi connectivity index (χ3n) is 3.76. The number of hydrogen-bond donors (Lipinski definition) is 2. The lowest BCUT2D eigenvalue weighted by Gasteiger charge is -2.32. The SMILES string of the molecule is CCCCN1/C(=C2\C=CC=C2B(O)O)[N-]c2ccccc21. The Morgan fingerprint density at radius 3 is 2.81 bits per heavy atom. The molecule has 2 aliphatic rings. The van der Waals surface area contributed by atoms with Gasteiger partial charge in [-0.3, -0.25) is 0 Å². The standard InChI is InChI=1S/C16H18BN2O2/c1-2-3-11-19-15-10-5-4-9-14(15)18-16(19)12-7-6-8-13(12)17(20)21/h4-10,20-21H,2-3,11H2,1H3/q-1/b16-12+. The fourth-order valence-electron chi connectivity index (χ4n) is 2.69. The molecule has 0 bridgehead atoms. The molecule has 1 aromatic rings. The van der Waals surface area contributed by atoms with Gasteiger partial charge in [0.25, 0.3) is 0 Å². The van der Waals surface area contributed by atoms with Crippen LogP contribution in [-0.4, -0.2) is 23.7 Å². The molecule has 1 aliphatic carbocycles. The Balaban J connectivity index is 2.03. The second kappa shape index (κ2) is 5.80. The van der Waals surface area contributed by atoms with Gasteiger partial charge in [0.15, 0.2) is 0 Å². The van der Waals surface area contributed by atoms with Gasteiger partial charge in [0, 0.05) is 0 Å². The first-order valence-electron chi connectivity index (χ1n) is 7.29.